The van der Waals surface area contributed by atoms with Crippen molar-refractivity contribution in [2.75, 3.05) is 19.1 Å². The van der Waals surface area contributed by atoms with Gasteiger partial charge in [0.15, 0.2) is 5.13 Å². The molecule has 4 nitrogen and oxygen atoms in total. The highest BCUT2D eigenvalue weighted by molar-refractivity contribution is 7.15. The average molecular weight is 276 g/mol. The number of aryl methyl sites for hydroxylation is 2. The topological polar surface area (TPSA) is 42.4 Å². The van der Waals surface area contributed by atoms with Crippen molar-refractivity contribution in [1.29, 1.82) is 0 Å². The number of carbonyl (C=O) groups is 1. The lowest BCUT2D eigenvalue weighted by molar-refractivity contribution is 0.0993. The maximum Gasteiger partial charge on any atom is 0.259 e. The molecule has 0 spiro atoms. The minimum absolute atomic E-state index is 0.0728. The van der Waals surface area contributed by atoms with Crippen molar-refractivity contribution < 1.29 is 9.53 Å². The lowest BCUT2D eigenvalue weighted by atomic mass is 10.2. The maximum absolute atomic E-state index is 12.3. The molecule has 0 radical (unpaired) electrons. The van der Waals surface area contributed by atoms with E-state index in [2.05, 4.69) is 4.98 Å². The van der Waals surface area contributed by atoms with Crippen molar-refractivity contribution in [1.82, 2.24) is 4.98 Å². The van der Waals surface area contributed by atoms with Gasteiger partial charge in [0, 0.05) is 17.5 Å². The fourth-order valence-corrected chi connectivity index (χ4v) is 2.48. The number of thiazole rings is 1. The van der Waals surface area contributed by atoms with Crippen molar-refractivity contribution in [3.8, 4) is 5.75 Å². The van der Waals surface area contributed by atoms with Crippen LogP contribution >= 0.6 is 11.3 Å². The summed E-state index contributed by atoms with van der Waals surface area (Å²) in [5.74, 6) is 0.663. The molecule has 5 heteroatoms. The third kappa shape index (κ3) is 2.76. The van der Waals surface area contributed by atoms with Gasteiger partial charge in [-0.1, -0.05) is 0 Å². The van der Waals surface area contributed by atoms with Gasteiger partial charge in [-0.05, 0) is 38.1 Å². The van der Waals surface area contributed by atoms with Crippen LogP contribution in [0.4, 0.5) is 5.13 Å². The summed E-state index contributed by atoms with van der Waals surface area (Å²) >= 11 is 1.52. The minimum Gasteiger partial charge on any atom is -0.497 e. The zero-order chi connectivity index (χ0) is 14.0. The molecule has 0 saturated carbocycles. The number of hydrogen-bond acceptors (Lipinski definition) is 4. The van der Waals surface area contributed by atoms with Crippen LogP contribution in [0.2, 0.25) is 0 Å². The van der Waals surface area contributed by atoms with Crippen LogP contribution in [0, 0.1) is 13.8 Å². The highest BCUT2D eigenvalue weighted by atomic mass is 32.1. The second kappa shape index (κ2) is 5.40. The van der Waals surface area contributed by atoms with E-state index in [1.54, 1.807) is 43.3 Å². The highest BCUT2D eigenvalue weighted by Crippen LogP contribution is 2.25. The number of methoxy groups -OCH3 is 1. The number of rotatable bonds is 3. The first-order valence-electron chi connectivity index (χ1n) is 5.89. The zero-order valence-corrected chi connectivity index (χ0v) is 12.2. The third-order valence-electron chi connectivity index (χ3n) is 2.95. The van der Waals surface area contributed by atoms with Crippen LogP contribution in [0.1, 0.15) is 20.9 Å². The van der Waals surface area contributed by atoms with E-state index in [0.29, 0.717) is 5.56 Å². The Bertz CT molecular complexity index is 570. The van der Waals surface area contributed by atoms with Crippen LogP contribution in [0.5, 0.6) is 5.75 Å². The summed E-state index contributed by atoms with van der Waals surface area (Å²) in [4.78, 5) is 19.4. The monoisotopic (exact) mass is 276 g/mol. The summed E-state index contributed by atoms with van der Waals surface area (Å²) in [5.41, 5.74) is 1.59. The van der Waals surface area contributed by atoms with E-state index in [-0.39, 0.29) is 5.91 Å². The zero-order valence-electron chi connectivity index (χ0n) is 11.4. The second-order valence-electron chi connectivity index (χ2n) is 4.23. The molecule has 0 aliphatic carbocycles. The predicted octanol–water partition coefficient (Wildman–Crippen LogP) is 3.05. The smallest absolute Gasteiger partial charge is 0.259 e. The molecule has 1 heterocycles. The largest absolute Gasteiger partial charge is 0.497 e. The quantitative estimate of drug-likeness (QED) is 0.865. The molecule has 0 fully saturated rings. The van der Waals surface area contributed by atoms with Crippen LogP contribution in [-0.4, -0.2) is 25.0 Å². The Morgan fingerprint density at radius 1 is 1.26 bits per heavy atom. The first-order chi connectivity index (χ1) is 9.02. The van der Waals surface area contributed by atoms with Gasteiger partial charge in [0.05, 0.1) is 12.8 Å². The summed E-state index contributed by atoms with van der Waals surface area (Å²) in [7, 11) is 3.34. The Labute approximate surface area is 116 Å². The van der Waals surface area contributed by atoms with E-state index in [9.17, 15) is 4.79 Å². The number of nitrogens with zero attached hydrogens (tertiary/aromatic N) is 2. The summed E-state index contributed by atoms with van der Waals surface area (Å²) in [6, 6.07) is 7.06. The van der Waals surface area contributed by atoms with Gasteiger partial charge in [0.25, 0.3) is 5.91 Å². The van der Waals surface area contributed by atoms with Crippen molar-refractivity contribution in [3.05, 3.63) is 40.4 Å². The SMILES string of the molecule is COc1ccc(C(=O)N(C)c2nc(C)c(C)s2)cc1. The van der Waals surface area contributed by atoms with Gasteiger partial charge in [-0.2, -0.15) is 0 Å². The van der Waals surface area contributed by atoms with Crippen molar-refractivity contribution >= 4 is 22.4 Å². The predicted molar refractivity (Wildman–Crippen MR) is 77.3 cm³/mol. The van der Waals surface area contributed by atoms with Crippen molar-refractivity contribution in [3.63, 3.8) is 0 Å². The van der Waals surface area contributed by atoms with E-state index in [1.165, 1.54) is 11.3 Å². The Morgan fingerprint density at radius 2 is 1.89 bits per heavy atom. The van der Waals surface area contributed by atoms with Gasteiger partial charge < -0.3 is 4.74 Å². The molecule has 1 aromatic heterocycles. The van der Waals surface area contributed by atoms with Crippen LogP contribution < -0.4 is 9.64 Å². The first kappa shape index (κ1) is 13.5. The Kier molecular flexibility index (Phi) is 3.85. The lowest BCUT2D eigenvalue weighted by Crippen LogP contribution is -2.26. The molecule has 0 bridgehead atoms. The number of anilines is 1. The molecule has 2 rings (SSSR count). The molecule has 100 valence electrons. The van der Waals surface area contributed by atoms with Crippen LogP contribution in [0.25, 0.3) is 0 Å². The summed E-state index contributed by atoms with van der Waals surface area (Å²) in [6.07, 6.45) is 0. The van der Waals surface area contributed by atoms with Gasteiger partial charge in [0.1, 0.15) is 5.75 Å². The van der Waals surface area contributed by atoms with Gasteiger partial charge in [-0.3, -0.25) is 9.69 Å². The summed E-state index contributed by atoms with van der Waals surface area (Å²) < 4.78 is 5.08. The van der Waals surface area contributed by atoms with Crippen molar-refractivity contribution in [2.24, 2.45) is 0 Å². The van der Waals surface area contributed by atoms with Gasteiger partial charge >= 0.3 is 0 Å². The van der Waals surface area contributed by atoms with E-state index in [4.69, 9.17) is 4.74 Å². The molecular weight excluding hydrogens is 260 g/mol. The van der Waals surface area contributed by atoms with Crippen LogP contribution in [-0.2, 0) is 0 Å². The van der Waals surface area contributed by atoms with E-state index >= 15 is 0 Å². The van der Waals surface area contributed by atoms with Crippen molar-refractivity contribution in [2.45, 2.75) is 13.8 Å². The molecule has 1 aromatic carbocycles. The van der Waals surface area contributed by atoms with Crippen LogP contribution in [0.15, 0.2) is 24.3 Å². The van der Waals surface area contributed by atoms with E-state index in [0.717, 1.165) is 21.5 Å². The van der Waals surface area contributed by atoms with Gasteiger partial charge in [-0.25, -0.2) is 4.98 Å². The molecule has 0 atom stereocenters. The molecule has 0 aliphatic rings. The first-order valence-corrected chi connectivity index (χ1v) is 6.70. The fourth-order valence-electron chi connectivity index (χ4n) is 1.61. The van der Waals surface area contributed by atoms with Crippen LogP contribution in [0.3, 0.4) is 0 Å². The standard InChI is InChI=1S/C14H16N2O2S/c1-9-10(2)19-14(15-9)16(3)13(17)11-5-7-12(18-4)8-6-11/h5-8H,1-4H3. The number of carbonyl (C=O) groups excluding carboxylic acids is 1. The Hall–Kier alpha value is -1.88. The molecule has 0 saturated heterocycles. The summed E-state index contributed by atoms with van der Waals surface area (Å²) in [5, 5.41) is 0.718. The minimum atomic E-state index is -0.0728. The average Bonchev–Trinajstić information content (AvgIpc) is 2.77. The number of hydrogen-bond donors (Lipinski definition) is 0. The van der Waals surface area contributed by atoms with Gasteiger partial charge in [0.2, 0.25) is 0 Å². The normalized spacial score (nSPS) is 10.3. The maximum atomic E-state index is 12.3. The number of benzene rings is 1. The second-order valence-corrected chi connectivity index (χ2v) is 5.41. The molecule has 2 aromatic rings. The Morgan fingerprint density at radius 3 is 2.37 bits per heavy atom. The number of ether oxygens (including phenoxy) is 1. The number of amides is 1. The molecule has 1 amide bonds. The highest BCUT2D eigenvalue weighted by Gasteiger charge is 2.17. The molecule has 0 aliphatic heterocycles. The third-order valence-corrected chi connectivity index (χ3v) is 4.10. The Balaban J connectivity index is 2.22. The molecule has 0 unspecified atom stereocenters. The van der Waals surface area contributed by atoms with E-state index < -0.39 is 0 Å². The number of aromatic nitrogens is 1. The molecule has 19 heavy (non-hydrogen) atoms. The summed E-state index contributed by atoms with van der Waals surface area (Å²) in [6.45, 7) is 3.95. The lowest BCUT2D eigenvalue weighted by Gasteiger charge is -2.13. The molecular formula is C14H16N2O2S. The fraction of sp³-hybridized carbons (Fsp3) is 0.286. The van der Waals surface area contributed by atoms with E-state index in [1.807, 2.05) is 13.8 Å². The van der Waals surface area contributed by atoms with Gasteiger partial charge in [-0.15, -0.1) is 11.3 Å². The molecule has 0 N–H and O–H groups in total.